The molecule has 1 aromatic heterocycles. The molecule has 3 unspecified atom stereocenters. The number of hydrogen-bond acceptors (Lipinski definition) is 4. The lowest BCUT2D eigenvalue weighted by molar-refractivity contribution is -0.142. The summed E-state index contributed by atoms with van der Waals surface area (Å²) in [4.78, 5) is 29.4. The van der Waals surface area contributed by atoms with Crippen molar-refractivity contribution >= 4 is 17.7 Å². The summed E-state index contributed by atoms with van der Waals surface area (Å²) < 4.78 is 0. The highest BCUT2D eigenvalue weighted by Crippen LogP contribution is 2.40. The average Bonchev–Trinajstić information content (AvgIpc) is 2.39. The maximum absolute atomic E-state index is 11.4. The molecule has 5 nitrogen and oxygen atoms in total. The Morgan fingerprint density at radius 2 is 2.35 bits per heavy atom. The molecule has 0 spiro atoms. The summed E-state index contributed by atoms with van der Waals surface area (Å²) in [6, 6.07) is 1.36. The number of rotatable bonds is 5. The number of nitrogens with one attached hydrogen (secondary N) is 1. The lowest BCUT2D eigenvalue weighted by atomic mass is 9.80. The summed E-state index contributed by atoms with van der Waals surface area (Å²) >= 11 is 1.40. The number of carboxylic acid groups (broad SMARTS) is 1. The second-order valence-electron chi connectivity index (χ2n) is 5.31. The van der Waals surface area contributed by atoms with Gasteiger partial charge in [0.15, 0.2) is 5.16 Å². The molecule has 2 rings (SSSR count). The van der Waals surface area contributed by atoms with Gasteiger partial charge in [-0.2, -0.15) is 0 Å². The molecule has 0 amide bonds. The summed E-state index contributed by atoms with van der Waals surface area (Å²) in [5.74, 6) is -0.502. The van der Waals surface area contributed by atoms with Gasteiger partial charge in [0.1, 0.15) is 0 Å². The van der Waals surface area contributed by atoms with Gasteiger partial charge in [0.2, 0.25) is 0 Å². The van der Waals surface area contributed by atoms with E-state index in [2.05, 4.69) is 16.9 Å². The van der Waals surface area contributed by atoms with Gasteiger partial charge < -0.3 is 10.1 Å². The highest BCUT2D eigenvalue weighted by atomic mass is 32.2. The van der Waals surface area contributed by atoms with Gasteiger partial charge in [-0.15, -0.1) is 0 Å². The Morgan fingerprint density at radius 3 is 3.00 bits per heavy atom. The van der Waals surface area contributed by atoms with Gasteiger partial charge in [-0.05, 0) is 25.2 Å². The van der Waals surface area contributed by atoms with E-state index in [4.69, 9.17) is 0 Å². The molecule has 1 heterocycles. The number of aromatic nitrogens is 2. The van der Waals surface area contributed by atoms with Crippen molar-refractivity contribution in [1.29, 1.82) is 0 Å². The van der Waals surface area contributed by atoms with Crippen LogP contribution in [-0.2, 0) is 4.79 Å². The number of aliphatic carboxylic acids is 1. The van der Waals surface area contributed by atoms with Crippen LogP contribution in [0.3, 0.4) is 0 Å². The summed E-state index contributed by atoms with van der Waals surface area (Å²) in [6.07, 6.45) is 6.31. The lowest BCUT2D eigenvalue weighted by Crippen LogP contribution is -2.33. The number of H-pyrrole nitrogens is 1. The van der Waals surface area contributed by atoms with E-state index in [-0.39, 0.29) is 16.7 Å². The Morgan fingerprint density at radius 1 is 1.55 bits per heavy atom. The first-order valence-corrected chi connectivity index (χ1v) is 7.93. The van der Waals surface area contributed by atoms with Crippen LogP contribution in [0.25, 0.3) is 0 Å². The molecule has 0 aliphatic heterocycles. The fourth-order valence-electron chi connectivity index (χ4n) is 2.85. The van der Waals surface area contributed by atoms with Crippen molar-refractivity contribution in [3.63, 3.8) is 0 Å². The average molecular weight is 296 g/mol. The quantitative estimate of drug-likeness (QED) is 0.816. The fraction of sp³-hybridized carbons (Fsp3) is 0.643. The highest BCUT2D eigenvalue weighted by Gasteiger charge is 2.35. The van der Waals surface area contributed by atoms with Gasteiger partial charge >= 0.3 is 5.97 Å². The van der Waals surface area contributed by atoms with Crippen molar-refractivity contribution in [2.24, 2.45) is 11.8 Å². The van der Waals surface area contributed by atoms with Gasteiger partial charge in [0.25, 0.3) is 5.56 Å². The van der Waals surface area contributed by atoms with Gasteiger partial charge in [-0.1, -0.05) is 31.5 Å². The van der Waals surface area contributed by atoms with Gasteiger partial charge in [-0.3, -0.25) is 9.59 Å². The normalized spacial score (nSPS) is 26.4. The zero-order valence-corrected chi connectivity index (χ0v) is 12.4. The Bertz CT molecular complexity index is 517. The lowest BCUT2D eigenvalue weighted by Gasteiger charge is -2.33. The largest absolute Gasteiger partial charge is 0.481 e. The van der Waals surface area contributed by atoms with Crippen molar-refractivity contribution in [1.82, 2.24) is 9.97 Å². The molecule has 0 radical (unpaired) electrons. The summed E-state index contributed by atoms with van der Waals surface area (Å²) in [7, 11) is 0. The molecule has 0 saturated heterocycles. The van der Waals surface area contributed by atoms with E-state index in [9.17, 15) is 14.7 Å². The maximum Gasteiger partial charge on any atom is 0.307 e. The van der Waals surface area contributed by atoms with E-state index >= 15 is 0 Å². The van der Waals surface area contributed by atoms with Crippen LogP contribution in [0.5, 0.6) is 0 Å². The van der Waals surface area contributed by atoms with E-state index < -0.39 is 5.97 Å². The van der Waals surface area contributed by atoms with Crippen LogP contribution >= 0.6 is 11.8 Å². The van der Waals surface area contributed by atoms with Crippen LogP contribution < -0.4 is 5.56 Å². The number of aromatic amines is 1. The van der Waals surface area contributed by atoms with Crippen molar-refractivity contribution < 1.29 is 9.90 Å². The predicted octanol–water partition coefficient (Wildman–Crippen LogP) is 2.53. The van der Waals surface area contributed by atoms with E-state index in [1.54, 1.807) is 0 Å². The smallest absolute Gasteiger partial charge is 0.307 e. The molecule has 20 heavy (non-hydrogen) atoms. The minimum Gasteiger partial charge on any atom is -0.481 e. The fourth-order valence-corrected chi connectivity index (χ4v) is 4.20. The minimum atomic E-state index is -0.740. The van der Waals surface area contributed by atoms with E-state index in [1.807, 2.05) is 0 Å². The number of hydrogen-bond donors (Lipinski definition) is 2. The molecule has 1 fully saturated rings. The van der Waals surface area contributed by atoms with Crippen LogP contribution in [0.2, 0.25) is 0 Å². The SMILES string of the molecule is CCCC1CCC(C(=O)O)C(Sc2nccc(=O)[nH]2)C1. The molecule has 1 aliphatic rings. The van der Waals surface area contributed by atoms with Crippen LogP contribution in [0, 0.1) is 11.8 Å². The molecule has 1 saturated carbocycles. The zero-order valence-electron chi connectivity index (χ0n) is 11.5. The topological polar surface area (TPSA) is 83.0 Å². The minimum absolute atomic E-state index is 0.0108. The number of nitrogens with zero attached hydrogens (tertiary/aromatic N) is 1. The van der Waals surface area contributed by atoms with Crippen LogP contribution in [0.15, 0.2) is 22.2 Å². The van der Waals surface area contributed by atoms with Crippen molar-refractivity contribution in [2.45, 2.75) is 49.4 Å². The van der Waals surface area contributed by atoms with Crippen molar-refractivity contribution in [3.05, 3.63) is 22.6 Å². The molecule has 2 N–H and O–H groups in total. The van der Waals surface area contributed by atoms with Crippen LogP contribution in [0.4, 0.5) is 0 Å². The van der Waals surface area contributed by atoms with Gasteiger partial charge in [0, 0.05) is 17.5 Å². The predicted molar refractivity (Wildman–Crippen MR) is 77.9 cm³/mol. The number of thioether (sulfide) groups is 1. The molecule has 6 heteroatoms. The maximum atomic E-state index is 11.4. The first-order chi connectivity index (χ1) is 9.60. The van der Waals surface area contributed by atoms with Gasteiger partial charge in [-0.25, -0.2) is 4.98 Å². The van der Waals surface area contributed by atoms with Crippen molar-refractivity contribution in [3.8, 4) is 0 Å². The molecular formula is C14H20N2O3S. The second-order valence-corrected chi connectivity index (χ2v) is 6.54. The Balaban J connectivity index is 2.10. The van der Waals surface area contributed by atoms with Crippen molar-refractivity contribution in [2.75, 3.05) is 0 Å². The third-order valence-corrected chi connectivity index (χ3v) is 5.08. The monoisotopic (exact) mass is 296 g/mol. The molecular weight excluding hydrogens is 276 g/mol. The molecule has 110 valence electrons. The first kappa shape index (κ1) is 15.1. The van der Waals surface area contributed by atoms with Gasteiger partial charge in [0.05, 0.1) is 5.92 Å². The first-order valence-electron chi connectivity index (χ1n) is 7.05. The van der Waals surface area contributed by atoms with E-state index in [0.717, 1.165) is 25.7 Å². The number of carboxylic acids is 1. The Kier molecular flexibility index (Phi) is 5.23. The third kappa shape index (κ3) is 3.85. The molecule has 3 atom stereocenters. The molecule has 1 aromatic rings. The summed E-state index contributed by atoms with van der Waals surface area (Å²) in [6.45, 7) is 2.15. The molecule has 0 bridgehead atoms. The van der Waals surface area contributed by atoms with E-state index in [0.29, 0.717) is 17.5 Å². The molecule has 0 aromatic carbocycles. The summed E-state index contributed by atoms with van der Waals surface area (Å²) in [5.41, 5.74) is -0.199. The zero-order chi connectivity index (χ0) is 14.5. The summed E-state index contributed by atoms with van der Waals surface area (Å²) in [5, 5.41) is 9.86. The highest BCUT2D eigenvalue weighted by molar-refractivity contribution is 7.99. The van der Waals surface area contributed by atoms with Crippen LogP contribution in [0.1, 0.15) is 39.0 Å². The third-order valence-electron chi connectivity index (χ3n) is 3.83. The van der Waals surface area contributed by atoms with Crippen LogP contribution in [-0.4, -0.2) is 26.3 Å². The second kappa shape index (κ2) is 6.92. The molecule has 1 aliphatic carbocycles. The number of carbonyl (C=O) groups is 1. The Hall–Kier alpha value is -1.30. The standard InChI is InChI=1S/C14H20N2O3S/c1-2-3-9-4-5-10(13(18)19)11(8-9)20-14-15-7-6-12(17)16-14/h6-7,9-11H,2-5,8H2,1H3,(H,18,19)(H,15,16,17). The van der Waals surface area contributed by atoms with E-state index in [1.165, 1.54) is 24.0 Å². The Labute approximate surface area is 122 Å².